The number of pyridine rings is 1. The molecular formula is C22H19N3. The van der Waals surface area contributed by atoms with Crippen LogP contribution in [0.5, 0.6) is 0 Å². The Labute approximate surface area is 147 Å². The van der Waals surface area contributed by atoms with E-state index in [0.717, 1.165) is 29.5 Å². The third-order valence-electron chi connectivity index (χ3n) is 4.44. The standard InChI is InChI=1S/C22H19N3/c1-2-11-25(16-19-14-24-22-10-6-4-8-20(19)22)15-17-12-18-7-3-5-9-21(18)23-13-17/h1,3-10,12-14,24H,11,15-16H2. The Morgan fingerprint density at radius 3 is 2.80 bits per heavy atom. The number of nitrogens with one attached hydrogen (secondary N) is 1. The number of fused-ring (bicyclic) bond motifs is 2. The van der Waals surface area contributed by atoms with Gasteiger partial charge in [0.15, 0.2) is 0 Å². The van der Waals surface area contributed by atoms with Crippen LogP contribution in [0, 0.1) is 12.3 Å². The molecule has 2 aromatic heterocycles. The number of aromatic amines is 1. The molecule has 0 atom stereocenters. The Morgan fingerprint density at radius 1 is 1.04 bits per heavy atom. The molecule has 0 bridgehead atoms. The molecule has 0 aliphatic rings. The summed E-state index contributed by atoms with van der Waals surface area (Å²) in [6, 6.07) is 18.7. The number of hydrogen-bond donors (Lipinski definition) is 1. The smallest absolute Gasteiger partial charge is 0.0702 e. The number of nitrogens with zero attached hydrogens (tertiary/aromatic N) is 2. The van der Waals surface area contributed by atoms with E-state index in [-0.39, 0.29) is 0 Å². The van der Waals surface area contributed by atoms with Crippen LogP contribution in [0.2, 0.25) is 0 Å². The van der Waals surface area contributed by atoms with Crippen molar-refractivity contribution in [1.82, 2.24) is 14.9 Å². The summed E-state index contributed by atoms with van der Waals surface area (Å²) in [6.45, 7) is 2.19. The molecule has 0 saturated heterocycles. The van der Waals surface area contributed by atoms with Crippen molar-refractivity contribution in [1.29, 1.82) is 0 Å². The summed E-state index contributed by atoms with van der Waals surface area (Å²) in [7, 11) is 0. The molecule has 3 nitrogen and oxygen atoms in total. The van der Waals surface area contributed by atoms with E-state index in [0.29, 0.717) is 6.54 Å². The normalized spacial score (nSPS) is 11.2. The number of rotatable bonds is 5. The van der Waals surface area contributed by atoms with Gasteiger partial charge in [-0.1, -0.05) is 42.3 Å². The van der Waals surface area contributed by atoms with E-state index in [9.17, 15) is 0 Å². The number of para-hydroxylation sites is 2. The maximum atomic E-state index is 5.60. The molecule has 0 spiro atoms. The van der Waals surface area contributed by atoms with Crippen molar-refractivity contribution < 1.29 is 0 Å². The zero-order chi connectivity index (χ0) is 17.1. The first-order valence-electron chi connectivity index (χ1n) is 8.38. The van der Waals surface area contributed by atoms with Crippen molar-refractivity contribution in [3.8, 4) is 12.3 Å². The molecule has 1 N–H and O–H groups in total. The van der Waals surface area contributed by atoms with E-state index in [1.54, 1.807) is 0 Å². The molecule has 3 heteroatoms. The van der Waals surface area contributed by atoms with Crippen LogP contribution in [-0.4, -0.2) is 21.4 Å². The third-order valence-corrected chi connectivity index (χ3v) is 4.44. The lowest BCUT2D eigenvalue weighted by Gasteiger charge is -2.19. The molecule has 4 rings (SSSR count). The first-order chi connectivity index (χ1) is 12.3. The largest absolute Gasteiger partial charge is 0.361 e. The van der Waals surface area contributed by atoms with Gasteiger partial charge in [0.2, 0.25) is 0 Å². The van der Waals surface area contributed by atoms with Crippen molar-refractivity contribution in [2.24, 2.45) is 0 Å². The van der Waals surface area contributed by atoms with Gasteiger partial charge in [-0.3, -0.25) is 9.88 Å². The van der Waals surface area contributed by atoms with E-state index in [1.807, 2.05) is 30.5 Å². The second kappa shape index (κ2) is 6.80. The Hall–Kier alpha value is -3.09. The minimum absolute atomic E-state index is 0.604. The van der Waals surface area contributed by atoms with E-state index in [4.69, 9.17) is 6.42 Å². The molecule has 0 saturated carbocycles. The van der Waals surface area contributed by atoms with Crippen LogP contribution in [0.25, 0.3) is 21.8 Å². The fraction of sp³-hybridized carbons (Fsp3) is 0.136. The summed E-state index contributed by atoms with van der Waals surface area (Å²) >= 11 is 0. The van der Waals surface area contributed by atoms with Crippen LogP contribution in [0.3, 0.4) is 0 Å². The van der Waals surface area contributed by atoms with Crippen molar-refractivity contribution in [2.45, 2.75) is 13.1 Å². The predicted octanol–water partition coefficient (Wildman–Crippen LogP) is 4.35. The molecule has 25 heavy (non-hydrogen) atoms. The van der Waals surface area contributed by atoms with Gasteiger partial charge in [0, 0.05) is 41.8 Å². The van der Waals surface area contributed by atoms with Crippen LogP contribution in [0.1, 0.15) is 11.1 Å². The van der Waals surface area contributed by atoms with Gasteiger partial charge in [0.05, 0.1) is 12.1 Å². The van der Waals surface area contributed by atoms with Crippen molar-refractivity contribution in [3.05, 3.63) is 78.1 Å². The Bertz CT molecular complexity index is 1060. The summed E-state index contributed by atoms with van der Waals surface area (Å²) in [4.78, 5) is 10.2. The molecule has 0 radical (unpaired) electrons. The molecule has 2 aromatic carbocycles. The van der Waals surface area contributed by atoms with Gasteiger partial charge in [-0.2, -0.15) is 0 Å². The van der Waals surface area contributed by atoms with Gasteiger partial charge in [-0.05, 0) is 29.3 Å². The first kappa shape index (κ1) is 15.4. The summed E-state index contributed by atoms with van der Waals surface area (Å²) in [5.74, 6) is 2.78. The number of H-pyrrole nitrogens is 1. The fourth-order valence-corrected chi connectivity index (χ4v) is 3.26. The monoisotopic (exact) mass is 325 g/mol. The molecule has 0 aliphatic carbocycles. The first-order valence-corrected chi connectivity index (χ1v) is 8.38. The molecule has 4 aromatic rings. The molecule has 0 aliphatic heterocycles. The number of terminal acetylenes is 1. The lowest BCUT2D eigenvalue weighted by Crippen LogP contribution is -2.23. The quantitative estimate of drug-likeness (QED) is 0.553. The Balaban J connectivity index is 1.59. The summed E-state index contributed by atoms with van der Waals surface area (Å²) < 4.78 is 0. The maximum absolute atomic E-state index is 5.60. The predicted molar refractivity (Wildman–Crippen MR) is 103 cm³/mol. The minimum Gasteiger partial charge on any atom is -0.361 e. The lowest BCUT2D eigenvalue weighted by molar-refractivity contribution is 0.291. The van der Waals surface area contributed by atoms with Gasteiger partial charge >= 0.3 is 0 Å². The van der Waals surface area contributed by atoms with Crippen LogP contribution < -0.4 is 0 Å². The van der Waals surface area contributed by atoms with Gasteiger partial charge in [-0.25, -0.2) is 0 Å². The summed E-state index contributed by atoms with van der Waals surface area (Å²) in [6.07, 6.45) is 9.62. The average Bonchev–Trinajstić information content (AvgIpc) is 3.05. The summed E-state index contributed by atoms with van der Waals surface area (Å²) in [5.41, 5.74) is 4.62. The molecule has 122 valence electrons. The molecule has 0 amide bonds. The highest BCUT2D eigenvalue weighted by atomic mass is 15.1. The fourth-order valence-electron chi connectivity index (χ4n) is 3.26. The molecule has 0 fully saturated rings. The molecule has 2 heterocycles. The van der Waals surface area contributed by atoms with Crippen LogP contribution in [0.4, 0.5) is 0 Å². The van der Waals surface area contributed by atoms with Gasteiger partial charge in [0.1, 0.15) is 0 Å². The number of hydrogen-bond acceptors (Lipinski definition) is 2. The number of benzene rings is 2. The highest BCUT2D eigenvalue weighted by molar-refractivity contribution is 5.83. The second-order valence-corrected chi connectivity index (χ2v) is 6.25. The van der Waals surface area contributed by atoms with E-state index in [1.165, 1.54) is 16.5 Å². The molecular weight excluding hydrogens is 306 g/mol. The zero-order valence-electron chi connectivity index (χ0n) is 13.9. The van der Waals surface area contributed by atoms with Crippen LogP contribution >= 0.6 is 0 Å². The third kappa shape index (κ3) is 3.26. The second-order valence-electron chi connectivity index (χ2n) is 6.25. The lowest BCUT2D eigenvalue weighted by atomic mass is 10.1. The minimum atomic E-state index is 0.604. The van der Waals surface area contributed by atoms with Crippen molar-refractivity contribution in [2.75, 3.05) is 6.54 Å². The molecule has 0 unspecified atom stereocenters. The van der Waals surface area contributed by atoms with Crippen molar-refractivity contribution in [3.63, 3.8) is 0 Å². The summed E-state index contributed by atoms with van der Waals surface area (Å²) in [5, 5.41) is 2.41. The highest BCUT2D eigenvalue weighted by Crippen LogP contribution is 2.21. The van der Waals surface area contributed by atoms with E-state index < -0.39 is 0 Å². The van der Waals surface area contributed by atoms with Crippen molar-refractivity contribution >= 4 is 21.8 Å². The van der Waals surface area contributed by atoms with E-state index in [2.05, 4.69) is 57.3 Å². The zero-order valence-corrected chi connectivity index (χ0v) is 13.9. The number of aromatic nitrogens is 2. The van der Waals surface area contributed by atoms with Gasteiger partial charge < -0.3 is 4.98 Å². The topological polar surface area (TPSA) is 31.9 Å². The van der Waals surface area contributed by atoms with E-state index >= 15 is 0 Å². The maximum Gasteiger partial charge on any atom is 0.0702 e. The average molecular weight is 325 g/mol. The Kier molecular flexibility index (Phi) is 4.20. The highest BCUT2D eigenvalue weighted by Gasteiger charge is 2.10. The van der Waals surface area contributed by atoms with Gasteiger partial charge in [0.25, 0.3) is 0 Å². The SMILES string of the molecule is C#CCN(Cc1cnc2ccccc2c1)Cc1c[nH]c2ccccc12. The van der Waals surface area contributed by atoms with Gasteiger partial charge in [-0.15, -0.1) is 6.42 Å². The Morgan fingerprint density at radius 2 is 1.88 bits per heavy atom. The van der Waals surface area contributed by atoms with Crippen LogP contribution in [0.15, 0.2) is 67.0 Å². The van der Waals surface area contributed by atoms with Crippen LogP contribution in [-0.2, 0) is 13.1 Å².